The van der Waals surface area contributed by atoms with Gasteiger partial charge in [0.05, 0.1) is 0 Å². The van der Waals surface area contributed by atoms with Crippen LogP contribution in [-0.2, 0) is 11.2 Å². The Morgan fingerprint density at radius 2 is 1.94 bits per heavy atom. The molecule has 0 radical (unpaired) electrons. The first-order valence-corrected chi connectivity index (χ1v) is 6.05. The average Bonchev–Trinajstić information content (AvgIpc) is 2.70. The molecule has 92 valence electrons. The van der Waals surface area contributed by atoms with E-state index in [1.165, 1.54) is 18.2 Å². The fourth-order valence-corrected chi connectivity index (χ4v) is 2.63. The molecule has 2 atom stereocenters. The molecular formula is C14H16F2O. The summed E-state index contributed by atoms with van der Waals surface area (Å²) in [5.74, 6) is -0.946. The third-order valence-electron chi connectivity index (χ3n) is 3.69. The van der Waals surface area contributed by atoms with Gasteiger partial charge in [-0.3, -0.25) is 4.79 Å². The third-order valence-corrected chi connectivity index (χ3v) is 3.69. The zero-order valence-corrected chi connectivity index (χ0v) is 9.88. The van der Waals surface area contributed by atoms with E-state index in [0.29, 0.717) is 5.92 Å². The molecular weight excluding hydrogens is 222 g/mol. The maximum absolute atomic E-state index is 13.4. The van der Waals surface area contributed by atoms with Crippen LogP contribution in [0.3, 0.4) is 0 Å². The second-order valence-electron chi connectivity index (χ2n) is 4.86. The Morgan fingerprint density at radius 3 is 2.47 bits per heavy atom. The highest BCUT2D eigenvalue weighted by Gasteiger charge is 2.30. The largest absolute Gasteiger partial charge is 0.299 e. The Balaban J connectivity index is 2.13. The number of Topliss-reactive ketones (excluding diaryl/α,β-unsaturated/α-hetero) is 1. The van der Waals surface area contributed by atoms with Crippen LogP contribution >= 0.6 is 0 Å². The first-order valence-electron chi connectivity index (χ1n) is 6.05. The van der Waals surface area contributed by atoms with E-state index in [9.17, 15) is 13.6 Å². The van der Waals surface area contributed by atoms with Gasteiger partial charge < -0.3 is 0 Å². The molecule has 0 bridgehead atoms. The Hall–Kier alpha value is -1.25. The van der Waals surface area contributed by atoms with E-state index in [4.69, 9.17) is 0 Å². The highest BCUT2D eigenvalue weighted by Crippen LogP contribution is 2.32. The number of benzene rings is 1. The lowest BCUT2D eigenvalue weighted by Gasteiger charge is -2.14. The number of hydrogen-bond donors (Lipinski definition) is 0. The van der Waals surface area contributed by atoms with Crippen LogP contribution < -0.4 is 0 Å². The molecule has 0 amide bonds. The topological polar surface area (TPSA) is 17.1 Å². The van der Waals surface area contributed by atoms with Crippen LogP contribution in [0, 0.1) is 23.5 Å². The van der Waals surface area contributed by atoms with Crippen molar-refractivity contribution < 1.29 is 13.6 Å². The molecule has 2 rings (SSSR count). The molecule has 0 aromatic heterocycles. The van der Waals surface area contributed by atoms with Gasteiger partial charge in [-0.15, -0.1) is 0 Å². The van der Waals surface area contributed by atoms with E-state index in [0.717, 1.165) is 19.3 Å². The molecule has 1 saturated carbocycles. The van der Waals surface area contributed by atoms with Crippen molar-refractivity contribution in [2.24, 2.45) is 11.8 Å². The zero-order valence-electron chi connectivity index (χ0n) is 9.88. The van der Waals surface area contributed by atoms with Crippen molar-refractivity contribution in [2.45, 2.75) is 32.6 Å². The van der Waals surface area contributed by atoms with Crippen molar-refractivity contribution in [1.29, 1.82) is 0 Å². The average molecular weight is 238 g/mol. The van der Waals surface area contributed by atoms with E-state index in [-0.39, 0.29) is 23.7 Å². The lowest BCUT2D eigenvalue weighted by atomic mass is 9.90. The number of carbonyl (C=O) groups excluding carboxylic acids is 1. The molecule has 0 heterocycles. The smallest absolute Gasteiger partial charge is 0.140 e. The van der Waals surface area contributed by atoms with Gasteiger partial charge in [-0.1, -0.05) is 19.4 Å². The van der Waals surface area contributed by atoms with Gasteiger partial charge in [-0.05, 0) is 30.9 Å². The summed E-state index contributed by atoms with van der Waals surface area (Å²) in [4.78, 5) is 12.0. The fourth-order valence-electron chi connectivity index (χ4n) is 2.63. The van der Waals surface area contributed by atoms with Gasteiger partial charge in [0.25, 0.3) is 0 Å². The maximum Gasteiger partial charge on any atom is 0.140 e. The number of halogens is 2. The monoisotopic (exact) mass is 238 g/mol. The highest BCUT2D eigenvalue weighted by molar-refractivity contribution is 5.83. The number of hydrogen-bond acceptors (Lipinski definition) is 1. The summed E-state index contributed by atoms with van der Waals surface area (Å²) in [7, 11) is 0. The Bertz CT molecular complexity index is 408. The van der Waals surface area contributed by atoms with Gasteiger partial charge in [-0.25, -0.2) is 8.78 Å². The second-order valence-corrected chi connectivity index (χ2v) is 4.86. The van der Waals surface area contributed by atoms with Gasteiger partial charge in [0, 0.05) is 17.9 Å². The predicted octanol–water partition coefficient (Wildman–Crippen LogP) is 3.51. The van der Waals surface area contributed by atoms with Gasteiger partial charge in [0.1, 0.15) is 17.4 Å². The fraction of sp³-hybridized carbons (Fsp3) is 0.500. The summed E-state index contributed by atoms with van der Waals surface area (Å²) in [5.41, 5.74) is -0.0865. The van der Waals surface area contributed by atoms with Crippen molar-refractivity contribution in [3.63, 3.8) is 0 Å². The molecule has 1 aliphatic rings. The second kappa shape index (κ2) is 4.94. The minimum absolute atomic E-state index is 0.0194. The summed E-state index contributed by atoms with van der Waals surface area (Å²) in [6, 6.07) is 3.71. The SMILES string of the molecule is CC1CCCC1C(=O)Cc1c(F)cccc1F. The summed E-state index contributed by atoms with van der Waals surface area (Å²) in [6.07, 6.45) is 2.82. The van der Waals surface area contributed by atoms with Crippen molar-refractivity contribution in [1.82, 2.24) is 0 Å². The van der Waals surface area contributed by atoms with E-state index < -0.39 is 11.6 Å². The maximum atomic E-state index is 13.4. The molecule has 1 fully saturated rings. The summed E-state index contributed by atoms with van der Waals surface area (Å²) in [6.45, 7) is 2.03. The number of carbonyl (C=O) groups is 1. The van der Waals surface area contributed by atoms with Crippen molar-refractivity contribution >= 4 is 5.78 Å². The van der Waals surface area contributed by atoms with Crippen molar-refractivity contribution in [2.75, 3.05) is 0 Å². The number of ketones is 1. The van der Waals surface area contributed by atoms with Gasteiger partial charge in [0.2, 0.25) is 0 Å². The summed E-state index contributed by atoms with van der Waals surface area (Å²) in [5, 5.41) is 0. The first-order chi connectivity index (χ1) is 8.09. The summed E-state index contributed by atoms with van der Waals surface area (Å²) >= 11 is 0. The lowest BCUT2D eigenvalue weighted by molar-refractivity contribution is -0.123. The van der Waals surface area contributed by atoms with Crippen LogP contribution in [0.2, 0.25) is 0 Å². The van der Waals surface area contributed by atoms with Crippen molar-refractivity contribution in [3.8, 4) is 0 Å². The van der Waals surface area contributed by atoms with Crippen LogP contribution in [0.5, 0.6) is 0 Å². The number of rotatable bonds is 3. The van der Waals surface area contributed by atoms with Crippen molar-refractivity contribution in [3.05, 3.63) is 35.4 Å². The van der Waals surface area contributed by atoms with Crippen LogP contribution in [-0.4, -0.2) is 5.78 Å². The molecule has 0 spiro atoms. The molecule has 1 nitrogen and oxygen atoms in total. The van der Waals surface area contributed by atoms with E-state index in [1.807, 2.05) is 6.92 Å². The van der Waals surface area contributed by atoms with E-state index in [1.54, 1.807) is 0 Å². The molecule has 0 aliphatic heterocycles. The quantitative estimate of drug-likeness (QED) is 0.787. The van der Waals surface area contributed by atoms with E-state index in [2.05, 4.69) is 0 Å². The molecule has 0 saturated heterocycles. The molecule has 3 heteroatoms. The van der Waals surface area contributed by atoms with Crippen LogP contribution in [0.1, 0.15) is 31.7 Å². The Labute approximate surface area is 99.8 Å². The van der Waals surface area contributed by atoms with Gasteiger partial charge >= 0.3 is 0 Å². The standard InChI is InChI=1S/C14H16F2O/c1-9-4-2-5-10(9)14(17)8-11-12(15)6-3-7-13(11)16/h3,6-7,9-10H,2,4-5,8H2,1H3. The molecule has 0 N–H and O–H groups in total. The highest BCUT2D eigenvalue weighted by atomic mass is 19.1. The molecule has 1 aromatic rings. The minimum atomic E-state index is -0.621. The minimum Gasteiger partial charge on any atom is -0.299 e. The molecule has 17 heavy (non-hydrogen) atoms. The van der Waals surface area contributed by atoms with Gasteiger partial charge in [0.15, 0.2) is 0 Å². The zero-order chi connectivity index (χ0) is 12.4. The lowest BCUT2D eigenvalue weighted by Crippen LogP contribution is -2.20. The normalized spacial score (nSPS) is 23.9. The summed E-state index contributed by atoms with van der Waals surface area (Å²) < 4.78 is 26.8. The van der Waals surface area contributed by atoms with E-state index >= 15 is 0 Å². The Morgan fingerprint density at radius 1 is 1.29 bits per heavy atom. The predicted molar refractivity (Wildman–Crippen MR) is 61.6 cm³/mol. The molecule has 1 aliphatic carbocycles. The first kappa shape index (κ1) is 12.2. The third kappa shape index (κ3) is 2.54. The molecule has 1 aromatic carbocycles. The van der Waals surface area contributed by atoms with Crippen LogP contribution in [0.4, 0.5) is 8.78 Å². The van der Waals surface area contributed by atoms with Crippen LogP contribution in [0.15, 0.2) is 18.2 Å². The Kier molecular flexibility index (Phi) is 3.55. The van der Waals surface area contributed by atoms with Gasteiger partial charge in [-0.2, -0.15) is 0 Å². The van der Waals surface area contributed by atoms with Crippen LogP contribution in [0.25, 0.3) is 0 Å². The molecule has 2 unspecified atom stereocenters.